The first kappa shape index (κ1) is 23.4. The lowest BCUT2D eigenvalue weighted by molar-refractivity contribution is -0.155. The summed E-state index contributed by atoms with van der Waals surface area (Å²) in [4.78, 5) is 27.7. The van der Waals surface area contributed by atoms with Gasteiger partial charge in [0, 0.05) is 23.3 Å². The lowest BCUT2D eigenvalue weighted by Gasteiger charge is -2.31. The summed E-state index contributed by atoms with van der Waals surface area (Å²) in [5.74, 6) is -0.957. The molecule has 1 amide bonds. The van der Waals surface area contributed by atoms with Gasteiger partial charge >= 0.3 is 5.97 Å². The first-order chi connectivity index (χ1) is 13.9. The predicted molar refractivity (Wildman–Crippen MR) is 123 cm³/mol. The minimum Gasteiger partial charge on any atom is -0.460 e. The zero-order valence-corrected chi connectivity index (χ0v) is 21.0. The molecule has 1 aliphatic rings. The van der Waals surface area contributed by atoms with Crippen LogP contribution in [-0.4, -0.2) is 49.6 Å². The van der Waals surface area contributed by atoms with Crippen molar-refractivity contribution in [2.24, 2.45) is 0 Å². The summed E-state index contributed by atoms with van der Waals surface area (Å²) in [6, 6.07) is 5.26. The Morgan fingerprint density at radius 1 is 1.23 bits per heavy atom. The molecule has 0 spiro atoms. The normalized spacial score (nSPS) is 21.8. The van der Waals surface area contributed by atoms with Crippen molar-refractivity contribution in [1.29, 1.82) is 0 Å². The Kier molecular flexibility index (Phi) is 6.81. The lowest BCUT2D eigenvalue weighted by Crippen LogP contribution is -2.40. The van der Waals surface area contributed by atoms with Crippen molar-refractivity contribution in [2.75, 3.05) is 18.8 Å². The van der Waals surface area contributed by atoms with Crippen LogP contribution in [0.1, 0.15) is 48.8 Å². The van der Waals surface area contributed by atoms with E-state index >= 15 is 0 Å². The molecule has 2 aromatic heterocycles. The van der Waals surface area contributed by atoms with Crippen LogP contribution in [0.4, 0.5) is 0 Å². The zero-order chi connectivity index (χ0) is 22.2. The highest BCUT2D eigenvalue weighted by atomic mass is 79.9. The number of ether oxygens (including phenoxy) is 1. The lowest BCUT2D eigenvalue weighted by atomic mass is 9.97. The number of thiophene rings is 2. The highest BCUT2D eigenvalue weighted by Gasteiger charge is 2.50. The monoisotopic (exact) mass is 533 g/mol. The molecule has 3 rings (SSSR count). The van der Waals surface area contributed by atoms with Gasteiger partial charge in [-0.2, -0.15) is 11.3 Å². The first-order valence-electron chi connectivity index (χ1n) is 9.45. The summed E-state index contributed by atoms with van der Waals surface area (Å²) in [5.41, 5.74) is -0.167. The van der Waals surface area contributed by atoms with Crippen molar-refractivity contribution in [3.05, 3.63) is 43.2 Å². The fourth-order valence-electron chi connectivity index (χ4n) is 3.51. The second kappa shape index (κ2) is 8.72. The Morgan fingerprint density at radius 3 is 2.53 bits per heavy atom. The minimum atomic E-state index is -3.75. The van der Waals surface area contributed by atoms with Gasteiger partial charge in [-0.25, -0.2) is 8.42 Å². The van der Waals surface area contributed by atoms with Crippen LogP contribution in [0.5, 0.6) is 0 Å². The van der Waals surface area contributed by atoms with E-state index in [0.717, 1.165) is 3.79 Å². The number of hydrogen-bond acceptors (Lipinski definition) is 7. The van der Waals surface area contributed by atoms with E-state index in [2.05, 4.69) is 15.9 Å². The number of esters is 1. The quantitative estimate of drug-likeness (QED) is 0.542. The van der Waals surface area contributed by atoms with Crippen LogP contribution in [0, 0.1) is 0 Å². The molecule has 1 atom stereocenters. The highest BCUT2D eigenvalue weighted by molar-refractivity contribution is 9.11. The minimum absolute atomic E-state index is 0.0969. The molecule has 6 nitrogen and oxygen atoms in total. The van der Waals surface area contributed by atoms with Gasteiger partial charge in [-0.15, -0.1) is 11.3 Å². The van der Waals surface area contributed by atoms with Crippen molar-refractivity contribution in [1.82, 2.24) is 4.90 Å². The number of carbonyl (C=O) groups is 2. The maximum atomic E-state index is 13.5. The number of carbonyl (C=O) groups excluding carboxylic acids is 2. The van der Waals surface area contributed by atoms with Crippen LogP contribution in [0.2, 0.25) is 0 Å². The van der Waals surface area contributed by atoms with E-state index in [1.807, 2.05) is 5.38 Å². The Hall–Kier alpha value is -1.23. The molecule has 0 aromatic carbocycles. The van der Waals surface area contributed by atoms with Crippen LogP contribution >= 0.6 is 38.6 Å². The maximum Gasteiger partial charge on any atom is 0.308 e. The fraction of sp³-hybridized carbons (Fsp3) is 0.500. The van der Waals surface area contributed by atoms with Gasteiger partial charge in [-0.05, 0) is 66.7 Å². The number of amides is 1. The molecular formula is C20H24BrNO5S3. The third-order valence-corrected chi connectivity index (χ3v) is 10.1. The third kappa shape index (κ3) is 4.98. The fourth-order valence-corrected chi connectivity index (χ4v) is 8.11. The van der Waals surface area contributed by atoms with E-state index in [9.17, 15) is 18.0 Å². The smallest absolute Gasteiger partial charge is 0.308 e. The number of rotatable bonds is 4. The van der Waals surface area contributed by atoms with E-state index in [1.54, 1.807) is 49.3 Å². The molecule has 1 aliphatic heterocycles. The summed E-state index contributed by atoms with van der Waals surface area (Å²) in [5, 5.41) is 3.57. The Labute approximate surface area is 193 Å². The molecule has 0 aliphatic carbocycles. The van der Waals surface area contributed by atoms with E-state index in [-0.39, 0.29) is 37.6 Å². The van der Waals surface area contributed by atoms with Crippen LogP contribution < -0.4 is 0 Å². The molecule has 0 N–H and O–H groups in total. The molecule has 0 bridgehead atoms. The predicted octanol–water partition coefficient (Wildman–Crippen LogP) is 4.46. The molecule has 1 fully saturated rings. The number of nitrogens with zero attached hydrogens (tertiary/aromatic N) is 1. The summed E-state index contributed by atoms with van der Waals surface area (Å²) in [6.45, 7) is 5.60. The van der Waals surface area contributed by atoms with E-state index < -0.39 is 26.2 Å². The number of sulfone groups is 1. The van der Waals surface area contributed by atoms with Gasteiger partial charge in [0.1, 0.15) is 10.3 Å². The van der Waals surface area contributed by atoms with E-state index in [0.29, 0.717) is 10.4 Å². The molecule has 2 aromatic rings. The van der Waals surface area contributed by atoms with Crippen molar-refractivity contribution in [3.63, 3.8) is 0 Å². The topological polar surface area (TPSA) is 80.8 Å². The molecule has 3 heterocycles. The van der Waals surface area contributed by atoms with E-state index in [1.165, 1.54) is 22.7 Å². The molecule has 0 saturated carbocycles. The highest BCUT2D eigenvalue weighted by Crippen LogP contribution is 2.45. The molecular weight excluding hydrogens is 510 g/mol. The van der Waals surface area contributed by atoms with E-state index in [4.69, 9.17) is 4.74 Å². The average molecular weight is 535 g/mol. The Bertz CT molecular complexity index is 1020. The van der Waals surface area contributed by atoms with Gasteiger partial charge in [0.2, 0.25) is 0 Å². The van der Waals surface area contributed by atoms with Crippen LogP contribution in [0.25, 0.3) is 0 Å². The van der Waals surface area contributed by atoms with Crippen molar-refractivity contribution < 1.29 is 22.7 Å². The van der Waals surface area contributed by atoms with Gasteiger partial charge in [-0.3, -0.25) is 9.59 Å². The van der Waals surface area contributed by atoms with Crippen LogP contribution in [-0.2, 0) is 24.1 Å². The van der Waals surface area contributed by atoms with Crippen molar-refractivity contribution in [2.45, 2.75) is 44.0 Å². The van der Waals surface area contributed by atoms with Gasteiger partial charge < -0.3 is 9.64 Å². The van der Waals surface area contributed by atoms with Gasteiger partial charge in [-0.1, -0.05) is 0 Å². The first-order valence-corrected chi connectivity index (χ1v) is 13.7. The zero-order valence-electron chi connectivity index (χ0n) is 17.0. The van der Waals surface area contributed by atoms with Crippen molar-refractivity contribution in [3.8, 4) is 0 Å². The average Bonchev–Trinajstić information content (AvgIpc) is 3.27. The number of hydrogen-bond donors (Lipinski definition) is 0. The Morgan fingerprint density at radius 2 is 1.97 bits per heavy atom. The standard InChI is InChI=1S/C20H24BrNO5S3/c1-19(2,3)27-17(23)12-20(15-4-5-16(21)29-15)7-8-22(9-11-30(20,25)26)18(24)14-6-10-28-13-14/h4-6,10,13H,7-9,11-12H2,1-3H3/t20-/m0/s1. The molecule has 1 saturated heterocycles. The van der Waals surface area contributed by atoms with Gasteiger partial charge in [0.15, 0.2) is 9.84 Å². The molecule has 0 radical (unpaired) electrons. The molecule has 10 heteroatoms. The largest absolute Gasteiger partial charge is 0.460 e. The molecule has 164 valence electrons. The maximum absolute atomic E-state index is 13.5. The Balaban J connectivity index is 1.98. The second-order valence-corrected chi connectivity index (χ2v) is 13.9. The summed E-state index contributed by atoms with van der Waals surface area (Å²) < 4.78 is 31.9. The molecule has 30 heavy (non-hydrogen) atoms. The third-order valence-electron chi connectivity index (χ3n) is 4.94. The summed E-state index contributed by atoms with van der Waals surface area (Å²) in [6.07, 6.45) is -0.141. The van der Waals surface area contributed by atoms with Gasteiger partial charge in [0.25, 0.3) is 5.91 Å². The SMILES string of the molecule is CC(C)(C)OC(=O)C[C@]1(c2ccc(Br)s2)CCN(C(=O)c2ccsc2)CCS1(=O)=O. The second-order valence-electron chi connectivity index (χ2n) is 8.23. The van der Waals surface area contributed by atoms with Gasteiger partial charge in [0.05, 0.1) is 21.5 Å². The van der Waals surface area contributed by atoms with Crippen LogP contribution in [0.3, 0.4) is 0 Å². The summed E-state index contributed by atoms with van der Waals surface area (Å²) >= 11 is 6.12. The van der Waals surface area contributed by atoms with Crippen LogP contribution in [0.15, 0.2) is 32.7 Å². The number of halogens is 1. The van der Waals surface area contributed by atoms with Crippen molar-refractivity contribution >= 4 is 60.3 Å². The summed E-state index contributed by atoms with van der Waals surface area (Å²) in [7, 11) is -3.75. The molecule has 0 unspecified atom stereocenters.